The lowest BCUT2D eigenvalue weighted by atomic mass is 10.1. The predicted molar refractivity (Wildman–Crippen MR) is 67.0 cm³/mol. The SMILES string of the molecule is CCC(C)C(=O)OC(C)c1ccc(OC)cc1. The van der Waals surface area contributed by atoms with Crippen LogP contribution in [0.3, 0.4) is 0 Å². The second kappa shape index (κ2) is 6.28. The minimum atomic E-state index is -0.220. The molecule has 0 heterocycles. The third-order valence-corrected chi connectivity index (χ3v) is 2.89. The molecule has 17 heavy (non-hydrogen) atoms. The molecule has 0 amide bonds. The fraction of sp³-hybridized carbons (Fsp3) is 0.500. The molecule has 0 N–H and O–H groups in total. The smallest absolute Gasteiger partial charge is 0.309 e. The topological polar surface area (TPSA) is 35.5 Å². The van der Waals surface area contributed by atoms with E-state index in [0.29, 0.717) is 0 Å². The van der Waals surface area contributed by atoms with E-state index in [9.17, 15) is 4.79 Å². The number of hydrogen-bond donors (Lipinski definition) is 0. The minimum absolute atomic E-state index is 0.0456. The van der Waals surface area contributed by atoms with Crippen molar-refractivity contribution in [2.24, 2.45) is 5.92 Å². The summed E-state index contributed by atoms with van der Waals surface area (Å²) < 4.78 is 10.5. The fourth-order valence-electron chi connectivity index (χ4n) is 1.40. The molecular weight excluding hydrogens is 216 g/mol. The van der Waals surface area contributed by atoms with Crippen LogP contribution < -0.4 is 4.74 Å². The molecule has 1 rings (SSSR count). The fourth-order valence-corrected chi connectivity index (χ4v) is 1.40. The van der Waals surface area contributed by atoms with E-state index in [1.807, 2.05) is 45.0 Å². The molecule has 3 nitrogen and oxygen atoms in total. The van der Waals surface area contributed by atoms with E-state index in [1.165, 1.54) is 0 Å². The Kier molecular flexibility index (Phi) is 5.01. The summed E-state index contributed by atoms with van der Waals surface area (Å²) in [4.78, 5) is 11.6. The quantitative estimate of drug-likeness (QED) is 0.735. The summed E-state index contributed by atoms with van der Waals surface area (Å²) in [6, 6.07) is 7.55. The first-order valence-electron chi connectivity index (χ1n) is 5.93. The summed E-state index contributed by atoms with van der Waals surface area (Å²) in [6.07, 6.45) is 0.580. The molecule has 0 radical (unpaired) electrons. The summed E-state index contributed by atoms with van der Waals surface area (Å²) in [5.74, 6) is 0.612. The molecule has 0 aliphatic heterocycles. The second-order valence-corrected chi connectivity index (χ2v) is 4.16. The highest BCUT2D eigenvalue weighted by Gasteiger charge is 2.16. The largest absolute Gasteiger partial charge is 0.497 e. The van der Waals surface area contributed by atoms with Crippen LogP contribution in [0.25, 0.3) is 0 Å². The highest BCUT2D eigenvalue weighted by molar-refractivity contribution is 5.72. The van der Waals surface area contributed by atoms with Crippen LogP contribution in [-0.2, 0) is 9.53 Å². The Labute approximate surface area is 103 Å². The van der Waals surface area contributed by atoms with Gasteiger partial charge in [0.2, 0.25) is 0 Å². The molecule has 1 aromatic carbocycles. The summed E-state index contributed by atoms with van der Waals surface area (Å²) >= 11 is 0. The minimum Gasteiger partial charge on any atom is -0.497 e. The van der Waals surface area contributed by atoms with Gasteiger partial charge >= 0.3 is 5.97 Å². The summed E-state index contributed by atoms with van der Waals surface area (Å²) in [6.45, 7) is 5.73. The van der Waals surface area contributed by atoms with Crippen LogP contribution in [0.2, 0.25) is 0 Å². The van der Waals surface area contributed by atoms with Gasteiger partial charge in [-0.05, 0) is 31.0 Å². The number of methoxy groups -OCH3 is 1. The summed E-state index contributed by atoms with van der Waals surface area (Å²) in [5, 5.41) is 0. The Morgan fingerprint density at radius 2 is 1.82 bits per heavy atom. The molecule has 94 valence electrons. The maximum atomic E-state index is 11.6. The van der Waals surface area contributed by atoms with Crippen LogP contribution in [0.15, 0.2) is 24.3 Å². The van der Waals surface area contributed by atoms with Crippen molar-refractivity contribution in [3.8, 4) is 5.75 Å². The highest BCUT2D eigenvalue weighted by atomic mass is 16.5. The molecule has 0 spiro atoms. The Morgan fingerprint density at radius 1 is 1.24 bits per heavy atom. The van der Waals surface area contributed by atoms with Gasteiger partial charge in [-0.15, -0.1) is 0 Å². The van der Waals surface area contributed by atoms with Gasteiger partial charge in [-0.25, -0.2) is 0 Å². The normalized spacial score (nSPS) is 13.9. The average Bonchev–Trinajstić information content (AvgIpc) is 2.37. The zero-order valence-corrected chi connectivity index (χ0v) is 10.9. The van der Waals surface area contributed by atoms with Gasteiger partial charge in [0.05, 0.1) is 13.0 Å². The lowest BCUT2D eigenvalue weighted by Gasteiger charge is -2.16. The third-order valence-electron chi connectivity index (χ3n) is 2.89. The Hall–Kier alpha value is -1.51. The second-order valence-electron chi connectivity index (χ2n) is 4.16. The van der Waals surface area contributed by atoms with E-state index in [0.717, 1.165) is 17.7 Å². The number of carbonyl (C=O) groups excluding carboxylic acids is 1. The van der Waals surface area contributed by atoms with Gasteiger partial charge in [0, 0.05) is 0 Å². The van der Waals surface area contributed by atoms with E-state index in [-0.39, 0.29) is 18.0 Å². The molecular formula is C14H20O3. The lowest BCUT2D eigenvalue weighted by Crippen LogP contribution is -2.16. The van der Waals surface area contributed by atoms with Crippen molar-refractivity contribution in [2.45, 2.75) is 33.3 Å². The molecule has 0 saturated carbocycles. The number of carbonyl (C=O) groups is 1. The van der Waals surface area contributed by atoms with E-state index < -0.39 is 0 Å². The van der Waals surface area contributed by atoms with Crippen LogP contribution in [0.1, 0.15) is 38.9 Å². The molecule has 0 saturated heterocycles. The Balaban J connectivity index is 2.63. The van der Waals surface area contributed by atoms with Crippen LogP contribution in [0.4, 0.5) is 0 Å². The first-order chi connectivity index (χ1) is 8.08. The van der Waals surface area contributed by atoms with Gasteiger partial charge in [0.15, 0.2) is 0 Å². The van der Waals surface area contributed by atoms with Gasteiger partial charge < -0.3 is 9.47 Å². The van der Waals surface area contributed by atoms with E-state index >= 15 is 0 Å². The van der Waals surface area contributed by atoms with Crippen molar-refractivity contribution in [2.75, 3.05) is 7.11 Å². The lowest BCUT2D eigenvalue weighted by molar-refractivity contribution is -0.153. The summed E-state index contributed by atoms with van der Waals surface area (Å²) in [5.41, 5.74) is 0.974. The van der Waals surface area contributed by atoms with Crippen molar-refractivity contribution in [3.63, 3.8) is 0 Å². The summed E-state index contributed by atoms with van der Waals surface area (Å²) in [7, 11) is 1.63. The maximum Gasteiger partial charge on any atom is 0.309 e. The average molecular weight is 236 g/mol. The zero-order chi connectivity index (χ0) is 12.8. The molecule has 3 heteroatoms. The number of hydrogen-bond acceptors (Lipinski definition) is 3. The van der Waals surface area contributed by atoms with Crippen molar-refractivity contribution in [1.29, 1.82) is 0 Å². The molecule has 2 unspecified atom stereocenters. The molecule has 0 bridgehead atoms. The molecule has 0 aliphatic carbocycles. The molecule has 0 fully saturated rings. The van der Waals surface area contributed by atoms with Crippen molar-refractivity contribution in [3.05, 3.63) is 29.8 Å². The van der Waals surface area contributed by atoms with E-state index in [2.05, 4.69) is 0 Å². The van der Waals surface area contributed by atoms with Gasteiger partial charge in [-0.3, -0.25) is 4.79 Å². The van der Waals surface area contributed by atoms with Gasteiger partial charge in [-0.2, -0.15) is 0 Å². The molecule has 0 aromatic heterocycles. The van der Waals surface area contributed by atoms with E-state index in [4.69, 9.17) is 9.47 Å². The predicted octanol–water partition coefficient (Wildman–Crippen LogP) is 3.35. The van der Waals surface area contributed by atoms with Crippen LogP contribution in [0.5, 0.6) is 5.75 Å². The van der Waals surface area contributed by atoms with Crippen LogP contribution >= 0.6 is 0 Å². The molecule has 2 atom stereocenters. The van der Waals surface area contributed by atoms with Gasteiger partial charge in [0.25, 0.3) is 0 Å². The Bertz CT molecular complexity index is 356. The number of ether oxygens (including phenoxy) is 2. The standard InChI is InChI=1S/C14H20O3/c1-5-10(2)14(15)17-11(3)12-6-8-13(16-4)9-7-12/h6-11H,5H2,1-4H3. The maximum absolute atomic E-state index is 11.6. The van der Waals surface area contributed by atoms with Crippen molar-refractivity contribution >= 4 is 5.97 Å². The van der Waals surface area contributed by atoms with E-state index in [1.54, 1.807) is 7.11 Å². The Morgan fingerprint density at radius 3 is 2.29 bits per heavy atom. The number of esters is 1. The first-order valence-corrected chi connectivity index (χ1v) is 5.93. The highest BCUT2D eigenvalue weighted by Crippen LogP contribution is 2.21. The first kappa shape index (κ1) is 13.6. The van der Waals surface area contributed by atoms with Gasteiger partial charge in [0.1, 0.15) is 11.9 Å². The molecule has 1 aromatic rings. The van der Waals surface area contributed by atoms with Crippen molar-refractivity contribution in [1.82, 2.24) is 0 Å². The number of benzene rings is 1. The molecule has 0 aliphatic rings. The monoisotopic (exact) mass is 236 g/mol. The van der Waals surface area contributed by atoms with Crippen LogP contribution in [0, 0.1) is 5.92 Å². The van der Waals surface area contributed by atoms with Crippen molar-refractivity contribution < 1.29 is 14.3 Å². The van der Waals surface area contributed by atoms with Crippen LogP contribution in [-0.4, -0.2) is 13.1 Å². The van der Waals surface area contributed by atoms with Gasteiger partial charge in [-0.1, -0.05) is 26.0 Å². The third kappa shape index (κ3) is 3.77. The number of rotatable bonds is 5. The zero-order valence-electron chi connectivity index (χ0n) is 10.9.